The molecule has 0 aliphatic carbocycles. The Bertz CT molecular complexity index is 630. The molecule has 13 heteroatoms. The smallest absolute Gasteiger partial charge is 0.328 e. The molecule has 0 spiro atoms. The van der Waals surface area contributed by atoms with Gasteiger partial charge < -0.3 is 41.5 Å². The summed E-state index contributed by atoms with van der Waals surface area (Å²) in [6.45, 7) is 0.871. The number of carboxylic acid groups (broad SMARTS) is 1. The summed E-state index contributed by atoms with van der Waals surface area (Å²) in [4.78, 5) is 38.2. The fraction of sp³-hybridized carbons (Fsp3) is 0.615. The minimum Gasteiger partial charge on any atom is -0.480 e. The Morgan fingerprint density at radius 2 is 1.92 bits per heavy atom. The number of nitrogens with zero attached hydrogens (tertiary/aromatic N) is 2. The van der Waals surface area contributed by atoms with Crippen LogP contribution in [0.1, 0.15) is 37.1 Å². The van der Waals surface area contributed by atoms with Crippen molar-refractivity contribution in [1.29, 1.82) is 0 Å². The average Bonchev–Trinajstić information content (AvgIpc) is 3.02. The lowest BCUT2D eigenvalue weighted by Gasteiger charge is -2.19. The second kappa shape index (κ2) is 9.65. The summed E-state index contributed by atoms with van der Waals surface area (Å²) >= 11 is 0. The molecule has 0 aliphatic rings. The molecule has 26 heavy (non-hydrogen) atoms. The van der Waals surface area contributed by atoms with Crippen molar-refractivity contribution in [2.75, 3.05) is 13.7 Å². The molecule has 1 heterocycles. The van der Waals surface area contributed by atoms with E-state index in [0.717, 1.165) is 0 Å². The van der Waals surface area contributed by atoms with Crippen LogP contribution in [-0.2, 0) is 9.59 Å². The van der Waals surface area contributed by atoms with E-state index in [0.29, 0.717) is 0 Å². The van der Waals surface area contributed by atoms with Gasteiger partial charge in [-0.25, -0.2) is 9.59 Å². The van der Waals surface area contributed by atoms with Crippen molar-refractivity contribution in [3.8, 4) is 0 Å². The molecule has 1 aromatic rings. The van der Waals surface area contributed by atoms with Crippen LogP contribution in [0.3, 0.4) is 0 Å². The maximum absolute atomic E-state index is 12.0. The van der Waals surface area contributed by atoms with Gasteiger partial charge in [-0.2, -0.15) is 4.98 Å². The number of carbonyl (C=O) groups is 3. The zero-order valence-electron chi connectivity index (χ0n) is 14.2. The molecule has 0 bridgehead atoms. The van der Waals surface area contributed by atoms with Crippen LogP contribution in [0.15, 0.2) is 4.52 Å². The Labute approximate surface area is 147 Å². The van der Waals surface area contributed by atoms with Gasteiger partial charge in [0.15, 0.2) is 11.9 Å². The van der Waals surface area contributed by atoms with Crippen LogP contribution in [0.4, 0.5) is 4.79 Å². The molecule has 0 saturated carbocycles. The van der Waals surface area contributed by atoms with Gasteiger partial charge in [-0.05, 0) is 14.0 Å². The number of urea groups is 1. The number of aromatic nitrogens is 2. The number of carboxylic acids is 1. The molecule has 0 aliphatic heterocycles. The molecular formula is C13H22N6O7. The summed E-state index contributed by atoms with van der Waals surface area (Å²) in [5, 5.41) is 38.3. The number of hydrogen-bond donors (Lipinski definition) is 7. The standard InChI is InChI=1S/C13H22N6O7/c1-5(21)9(12(23)24)17-13(25)16-6(3-8(14)22)11-18-10(19-26-11)7(4-20)15-2/h5-7,9,15,20-21H,3-4H2,1-2H3,(H2,14,22)(H,23,24)(H2,16,17,25)/t5?,6-,7-,9?/m0/s1. The number of aliphatic hydroxyl groups is 2. The highest BCUT2D eigenvalue weighted by molar-refractivity contribution is 5.83. The van der Waals surface area contributed by atoms with E-state index in [1.165, 1.54) is 6.92 Å². The Kier molecular flexibility index (Phi) is 7.89. The second-order valence-electron chi connectivity index (χ2n) is 5.41. The van der Waals surface area contributed by atoms with Crippen LogP contribution in [0, 0.1) is 0 Å². The number of primary amides is 1. The van der Waals surface area contributed by atoms with Crippen molar-refractivity contribution in [2.45, 2.75) is 37.6 Å². The van der Waals surface area contributed by atoms with Gasteiger partial charge in [-0.15, -0.1) is 0 Å². The van der Waals surface area contributed by atoms with E-state index in [4.69, 9.17) is 15.4 Å². The lowest BCUT2D eigenvalue weighted by atomic mass is 10.2. The van der Waals surface area contributed by atoms with E-state index >= 15 is 0 Å². The molecule has 0 aromatic carbocycles. The third-order valence-corrected chi connectivity index (χ3v) is 3.34. The Balaban J connectivity index is 2.92. The maximum atomic E-state index is 12.0. The molecule has 2 unspecified atom stereocenters. The van der Waals surface area contributed by atoms with Gasteiger partial charge in [-0.1, -0.05) is 5.16 Å². The van der Waals surface area contributed by atoms with E-state index in [2.05, 4.69) is 20.8 Å². The number of aliphatic hydroxyl groups excluding tert-OH is 2. The van der Waals surface area contributed by atoms with Gasteiger partial charge >= 0.3 is 12.0 Å². The van der Waals surface area contributed by atoms with Crippen molar-refractivity contribution in [3.05, 3.63) is 11.7 Å². The van der Waals surface area contributed by atoms with E-state index in [-0.39, 0.29) is 18.3 Å². The summed E-state index contributed by atoms with van der Waals surface area (Å²) in [6, 6.07) is -4.31. The van der Waals surface area contributed by atoms with E-state index in [9.17, 15) is 24.6 Å². The van der Waals surface area contributed by atoms with Crippen molar-refractivity contribution >= 4 is 17.9 Å². The highest BCUT2D eigenvalue weighted by Gasteiger charge is 2.29. The summed E-state index contributed by atoms with van der Waals surface area (Å²) in [5.74, 6) is -2.30. The predicted molar refractivity (Wildman–Crippen MR) is 84.5 cm³/mol. The summed E-state index contributed by atoms with van der Waals surface area (Å²) in [5.41, 5.74) is 5.14. The monoisotopic (exact) mass is 374 g/mol. The molecule has 3 amide bonds. The number of rotatable bonds is 10. The molecule has 13 nitrogen and oxygen atoms in total. The number of aliphatic carboxylic acids is 1. The van der Waals surface area contributed by atoms with Gasteiger partial charge in [0.05, 0.1) is 25.2 Å². The summed E-state index contributed by atoms with van der Waals surface area (Å²) in [6.07, 6.45) is -1.76. The van der Waals surface area contributed by atoms with Gasteiger partial charge in [0.1, 0.15) is 6.04 Å². The fourth-order valence-electron chi connectivity index (χ4n) is 1.96. The predicted octanol–water partition coefficient (Wildman–Crippen LogP) is -2.63. The zero-order chi connectivity index (χ0) is 19.9. The molecule has 0 saturated heterocycles. The first kappa shape index (κ1) is 21.3. The number of amides is 3. The number of carbonyl (C=O) groups excluding carboxylic acids is 2. The first-order chi connectivity index (χ1) is 12.2. The molecule has 0 radical (unpaired) electrons. The third kappa shape index (κ3) is 5.94. The largest absolute Gasteiger partial charge is 0.480 e. The van der Waals surface area contributed by atoms with Crippen LogP contribution in [0.25, 0.3) is 0 Å². The lowest BCUT2D eigenvalue weighted by Crippen LogP contribution is -2.52. The van der Waals surface area contributed by atoms with Crippen LogP contribution >= 0.6 is 0 Å². The molecule has 1 rings (SSSR count). The van der Waals surface area contributed by atoms with Crippen molar-refractivity contribution < 1.29 is 34.2 Å². The first-order valence-corrected chi connectivity index (χ1v) is 7.57. The van der Waals surface area contributed by atoms with Gasteiger partial charge in [-0.3, -0.25) is 4.79 Å². The van der Waals surface area contributed by atoms with Crippen molar-refractivity contribution in [2.24, 2.45) is 5.73 Å². The Hall–Kier alpha value is -2.77. The zero-order valence-corrected chi connectivity index (χ0v) is 14.2. The fourth-order valence-corrected chi connectivity index (χ4v) is 1.96. The van der Waals surface area contributed by atoms with Crippen LogP contribution in [0.2, 0.25) is 0 Å². The Morgan fingerprint density at radius 1 is 1.27 bits per heavy atom. The van der Waals surface area contributed by atoms with Crippen molar-refractivity contribution in [3.63, 3.8) is 0 Å². The van der Waals surface area contributed by atoms with E-state index in [1.54, 1.807) is 7.05 Å². The quantitative estimate of drug-likeness (QED) is 0.226. The molecule has 1 aromatic heterocycles. The normalized spacial score (nSPS) is 15.5. The van der Waals surface area contributed by atoms with E-state index in [1.807, 2.05) is 5.32 Å². The number of nitrogens with one attached hydrogen (secondary N) is 3. The van der Waals surface area contributed by atoms with Crippen LogP contribution < -0.4 is 21.7 Å². The SMILES string of the molecule is CN[C@@H](CO)c1noc([C@H](CC(N)=O)NC(=O)NC(C(=O)O)C(C)O)n1. The first-order valence-electron chi connectivity index (χ1n) is 7.57. The van der Waals surface area contributed by atoms with Crippen LogP contribution in [0.5, 0.6) is 0 Å². The number of likely N-dealkylation sites (N-methyl/N-ethyl adjacent to an activating group) is 1. The molecule has 8 N–H and O–H groups in total. The highest BCUT2D eigenvalue weighted by Crippen LogP contribution is 2.17. The summed E-state index contributed by atoms with van der Waals surface area (Å²) < 4.78 is 4.98. The lowest BCUT2D eigenvalue weighted by molar-refractivity contribution is -0.141. The molecule has 0 fully saturated rings. The van der Waals surface area contributed by atoms with Gasteiger partial charge in [0, 0.05) is 0 Å². The van der Waals surface area contributed by atoms with Crippen molar-refractivity contribution in [1.82, 2.24) is 26.1 Å². The summed E-state index contributed by atoms with van der Waals surface area (Å²) in [7, 11) is 1.56. The van der Waals surface area contributed by atoms with Gasteiger partial charge in [0.25, 0.3) is 0 Å². The van der Waals surface area contributed by atoms with Crippen LogP contribution in [-0.4, -0.2) is 69.2 Å². The molecule has 146 valence electrons. The van der Waals surface area contributed by atoms with E-state index < -0.39 is 48.6 Å². The topological polar surface area (TPSA) is 213 Å². The molecular weight excluding hydrogens is 352 g/mol. The average molecular weight is 374 g/mol. The minimum absolute atomic E-state index is 0.0917. The van der Waals surface area contributed by atoms with Gasteiger partial charge in [0.2, 0.25) is 11.8 Å². The molecule has 4 atom stereocenters. The Morgan fingerprint density at radius 3 is 2.38 bits per heavy atom. The maximum Gasteiger partial charge on any atom is 0.328 e. The highest BCUT2D eigenvalue weighted by atomic mass is 16.5. The number of hydrogen-bond acceptors (Lipinski definition) is 9. The second-order valence-corrected chi connectivity index (χ2v) is 5.41. The third-order valence-electron chi connectivity index (χ3n) is 3.34. The minimum atomic E-state index is -1.56. The number of nitrogens with two attached hydrogens (primary N) is 1.